The van der Waals surface area contributed by atoms with Gasteiger partial charge >= 0.3 is 5.97 Å². The van der Waals surface area contributed by atoms with E-state index in [1.165, 1.54) is 0 Å². The number of hydrogen-bond donors (Lipinski definition) is 2. The van der Waals surface area contributed by atoms with Crippen LogP contribution in [0.4, 0.5) is 0 Å². The summed E-state index contributed by atoms with van der Waals surface area (Å²) in [6.07, 6.45) is 1.68. The van der Waals surface area contributed by atoms with Gasteiger partial charge in [0, 0.05) is 6.54 Å². The first-order chi connectivity index (χ1) is 11.4. The first-order valence-electron chi connectivity index (χ1n) is 8.21. The van der Waals surface area contributed by atoms with Gasteiger partial charge in [-0.1, -0.05) is 23.3 Å². The Kier molecular flexibility index (Phi) is 6.01. The summed E-state index contributed by atoms with van der Waals surface area (Å²) in [5, 5.41) is 12.3. The van der Waals surface area contributed by atoms with E-state index in [-0.39, 0.29) is 5.91 Å². The standard InChI is InChI=1S/C19H25NO4/c1-12-10-16(17(19(22)23)11-13(12)2)18(21)20-9-8-14-4-6-15(24-3)7-5-14/h4-7,16-17H,8-11H2,1-3H3,(H,20,21)(H,22,23)/t16-,17-/m0/s1. The lowest BCUT2D eigenvalue weighted by atomic mass is 9.76. The summed E-state index contributed by atoms with van der Waals surface area (Å²) in [5.41, 5.74) is 3.31. The van der Waals surface area contributed by atoms with Crippen LogP contribution in [0.2, 0.25) is 0 Å². The van der Waals surface area contributed by atoms with Crippen molar-refractivity contribution in [1.82, 2.24) is 5.32 Å². The maximum absolute atomic E-state index is 12.4. The SMILES string of the molecule is COc1ccc(CCNC(=O)[C@H]2CC(C)=C(C)C[C@@H]2C(=O)O)cc1. The van der Waals surface area contributed by atoms with Crippen molar-refractivity contribution in [3.05, 3.63) is 41.0 Å². The zero-order chi connectivity index (χ0) is 17.7. The number of carbonyl (C=O) groups excluding carboxylic acids is 1. The van der Waals surface area contributed by atoms with E-state index in [0.29, 0.717) is 25.8 Å². The summed E-state index contributed by atoms with van der Waals surface area (Å²) in [4.78, 5) is 23.9. The lowest BCUT2D eigenvalue weighted by Gasteiger charge is -2.29. The van der Waals surface area contributed by atoms with E-state index in [1.807, 2.05) is 38.1 Å². The Morgan fingerprint density at radius 3 is 2.25 bits per heavy atom. The summed E-state index contributed by atoms with van der Waals surface area (Å²) < 4.78 is 5.11. The molecular formula is C19H25NO4. The molecule has 2 rings (SSSR count). The Morgan fingerprint density at radius 2 is 1.71 bits per heavy atom. The normalized spacial score (nSPS) is 20.6. The van der Waals surface area contributed by atoms with Crippen LogP contribution >= 0.6 is 0 Å². The van der Waals surface area contributed by atoms with E-state index in [9.17, 15) is 14.7 Å². The molecule has 0 aromatic heterocycles. The number of methoxy groups -OCH3 is 1. The van der Waals surface area contributed by atoms with Crippen molar-refractivity contribution in [2.45, 2.75) is 33.1 Å². The molecule has 2 N–H and O–H groups in total. The lowest BCUT2D eigenvalue weighted by Crippen LogP contribution is -2.40. The van der Waals surface area contributed by atoms with Crippen LogP contribution in [0.15, 0.2) is 35.4 Å². The average molecular weight is 331 g/mol. The molecule has 0 fully saturated rings. The van der Waals surface area contributed by atoms with Gasteiger partial charge in [-0.25, -0.2) is 0 Å². The van der Waals surface area contributed by atoms with Crippen molar-refractivity contribution in [1.29, 1.82) is 0 Å². The van der Waals surface area contributed by atoms with Crippen LogP contribution in [0.5, 0.6) is 5.75 Å². The summed E-state index contributed by atoms with van der Waals surface area (Å²) in [6.45, 7) is 4.42. The molecule has 0 aliphatic heterocycles. The Morgan fingerprint density at radius 1 is 1.12 bits per heavy atom. The van der Waals surface area contributed by atoms with Gasteiger partial charge in [0.05, 0.1) is 18.9 Å². The highest BCUT2D eigenvalue weighted by Gasteiger charge is 2.36. The van der Waals surface area contributed by atoms with Crippen LogP contribution in [0.3, 0.4) is 0 Å². The van der Waals surface area contributed by atoms with Gasteiger partial charge < -0.3 is 15.2 Å². The third-order valence-corrected chi connectivity index (χ3v) is 4.79. The van der Waals surface area contributed by atoms with Crippen molar-refractivity contribution in [3.8, 4) is 5.75 Å². The van der Waals surface area contributed by atoms with Crippen LogP contribution in [-0.4, -0.2) is 30.6 Å². The summed E-state index contributed by atoms with van der Waals surface area (Å²) in [6, 6.07) is 7.69. The molecule has 1 aromatic carbocycles. The number of amides is 1. The van der Waals surface area contributed by atoms with Gasteiger partial charge in [0.25, 0.3) is 0 Å². The topological polar surface area (TPSA) is 75.6 Å². The second-order valence-corrected chi connectivity index (χ2v) is 6.41. The molecule has 1 aliphatic rings. The van der Waals surface area contributed by atoms with E-state index in [4.69, 9.17) is 4.74 Å². The zero-order valence-corrected chi connectivity index (χ0v) is 14.5. The van der Waals surface area contributed by atoms with Crippen LogP contribution < -0.4 is 10.1 Å². The van der Waals surface area contributed by atoms with Gasteiger partial charge in [-0.3, -0.25) is 9.59 Å². The van der Waals surface area contributed by atoms with Crippen LogP contribution in [0.25, 0.3) is 0 Å². The van der Waals surface area contributed by atoms with Crippen molar-refractivity contribution in [2.24, 2.45) is 11.8 Å². The molecule has 1 aromatic rings. The molecule has 0 saturated carbocycles. The number of aliphatic carboxylic acids is 1. The second kappa shape index (κ2) is 7.99. The van der Waals surface area contributed by atoms with Crippen molar-refractivity contribution < 1.29 is 19.4 Å². The third kappa shape index (κ3) is 4.37. The molecule has 0 saturated heterocycles. The highest BCUT2D eigenvalue weighted by molar-refractivity contribution is 5.85. The number of benzene rings is 1. The smallest absolute Gasteiger partial charge is 0.307 e. The number of carboxylic acid groups (broad SMARTS) is 1. The molecule has 130 valence electrons. The highest BCUT2D eigenvalue weighted by Crippen LogP contribution is 2.34. The number of nitrogens with one attached hydrogen (secondary N) is 1. The number of rotatable bonds is 6. The second-order valence-electron chi connectivity index (χ2n) is 6.41. The molecule has 0 spiro atoms. The van der Waals surface area contributed by atoms with Crippen LogP contribution in [-0.2, 0) is 16.0 Å². The fourth-order valence-corrected chi connectivity index (χ4v) is 3.08. The fraction of sp³-hybridized carbons (Fsp3) is 0.474. The molecule has 0 radical (unpaired) electrons. The minimum absolute atomic E-state index is 0.164. The molecule has 0 bridgehead atoms. The number of carboxylic acids is 1. The van der Waals surface area contributed by atoms with Gasteiger partial charge in [-0.05, 0) is 50.8 Å². The molecule has 0 unspecified atom stereocenters. The van der Waals surface area contributed by atoms with Gasteiger partial charge in [-0.15, -0.1) is 0 Å². The lowest BCUT2D eigenvalue weighted by molar-refractivity contribution is -0.147. The number of hydrogen-bond acceptors (Lipinski definition) is 3. The van der Waals surface area contributed by atoms with E-state index in [1.54, 1.807) is 7.11 Å². The largest absolute Gasteiger partial charge is 0.497 e. The molecule has 1 amide bonds. The van der Waals surface area contributed by atoms with Gasteiger partial charge in [0.1, 0.15) is 5.75 Å². The molecular weight excluding hydrogens is 306 g/mol. The first kappa shape index (κ1) is 18.0. The Labute approximate surface area is 142 Å². The summed E-state index contributed by atoms with van der Waals surface area (Å²) in [5.74, 6) is -1.37. The van der Waals surface area contributed by atoms with E-state index in [0.717, 1.165) is 22.5 Å². The Bertz CT molecular complexity index is 633. The van der Waals surface area contributed by atoms with Crippen molar-refractivity contribution in [3.63, 3.8) is 0 Å². The summed E-state index contributed by atoms with van der Waals surface area (Å²) >= 11 is 0. The minimum atomic E-state index is -0.892. The predicted octanol–water partition coefficient (Wildman–Crippen LogP) is 2.80. The molecule has 1 aliphatic carbocycles. The van der Waals surface area contributed by atoms with E-state index < -0.39 is 17.8 Å². The molecule has 5 nitrogen and oxygen atoms in total. The van der Waals surface area contributed by atoms with Crippen molar-refractivity contribution in [2.75, 3.05) is 13.7 Å². The maximum atomic E-state index is 12.4. The summed E-state index contributed by atoms with van der Waals surface area (Å²) in [7, 11) is 1.62. The van der Waals surface area contributed by atoms with Crippen LogP contribution in [0, 0.1) is 11.8 Å². The molecule has 2 atom stereocenters. The highest BCUT2D eigenvalue weighted by atomic mass is 16.5. The van der Waals surface area contributed by atoms with Crippen molar-refractivity contribution >= 4 is 11.9 Å². The van der Waals surface area contributed by atoms with Crippen LogP contribution in [0.1, 0.15) is 32.3 Å². The fourth-order valence-electron chi connectivity index (χ4n) is 3.08. The molecule has 0 heterocycles. The number of carbonyl (C=O) groups is 2. The third-order valence-electron chi connectivity index (χ3n) is 4.79. The number of ether oxygens (including phenoxy) is 1. The average Bonchev–Trinajstić information content (AvgIpc) is 2.57. The molecule has 24 heavy (non-hydrogen) atoms. The van der Waals surface area contributed by atoms with E-state index in [2.05, 4.69) is 5.32 Å². The monoisotopic (exact) mass is 331 g/mol. The Hall–Kier alpha value is -2.30. The minimum Gasteiger partial charge on any atom is -0.497 e. The Balaban J connectivity index is 1.91. The predicted molar refractivity (Wildman–Crippen MR) is 91.9 cm³/mol. The quantitative estimate of drug-likeness (QED) is 0.786. The maximum Gasteiger partial charge on any atom is 0.307 e. The van der Waals surface area contributed by atoms with E-state index >= 15 is 0 Å². The zero-order valence-electron chi connectivity index (χ0n) is 14.5. The van der Waals surface area contributed by atoms with Gasteiger partial charge in [0.15, 0.2) is 0 Å². The molecule has 5 heteroatoms. The van der Waals surface area contributed by atoms with Gasteiger partial charge in [0.2, 0.25) is 5.91 Å². The number of allylic oxidation sites excluding steroid dienone is 2. The first-order valence-corrected chi connectivity index (χ1v) is 8.21. The van der Waals surface area contributed by atoms with Gasteiger partial charge in [-0.2, -0.15) is 0 Å².